The molecule has 0 aliphatic heterocycles. The molecule has 0 bridgehead atoms. The lowest BCUT2D eigenvalue weighted by Gasteiger charge is -2.05. The Bertz CT molecular complexity index is 932. The van der Waals surface area contributed by atoms with Gasteiger partial charge in [0.2, 0.25) is 0 Å². The number of aromatic amines is 1. The van der Waals surface area contributed by atoms with Gasteiger partial charge in [-0.1, -0.05) is 18.2 Å². The van der Waals surface area contributed by atoms with Crippen molar-refractivity contribution in [1.82, 2.24) is 14.6 Å². The summed E-state index contributed by atoms with van der Waals surface area (Å²) in [6.07, 6.45) is 1.63. The number of para-hydroxylation sites is 1. The molecule has 0 radical (unpaired) electrons. The number of fused-ring (bicyclic) bond motifs is 3. The Morgan fingerprint density at radius 2 is 2.05 bits per heavy atom. The van der Waals surface area contributed by atoms with Crippen LogP contribution < -0.4 is 5.69 Å². The third-order valence-electron chi connectivity index (χ3n) is 3.19. The first-order chi connectivity index (χ1) is 9.34. The van der Waals surface area contributed by atoms with Crippen LogP contribution in [0, 0.1) is 0 Å². The summed E-state index contributed by atoms with van der Waals surface area (Å²) in [5.41, 5.74) is 2.07. The Labute approximate surface area is 107 Å². The fraction of sp³-hybridized carbons (Fsp3) is 0. The van der Waals surface area contributed by atoms with Crippen molar-refractivity contribution in [2.24, 2.45) is 0 Å². The predicted octanol–water partition coefficient (Wildman–Crippen LogP) is 2.44. The maximum atomic E-state index is 11.8. The maximum Gasteiger partial charge on any atom is 0.348 e. The summed E-state index contributed by atoms with van der Waals surface area (Å²) in [7, 11) is 0. The second kappa shape index (κ2) is 3.58. The Balaban J connectivity index is 2.27. The smallest absolute Gasteiger partial charge is 0.348 e. The summed E-state index contributed by atoms with van der Waals surface area (Å²) in [6, 6.07) is 13.3. The van der Waals surface area contributed by atoms with Gasteiger partial charge in [-0.2, -0.15) is 5.10 Å². The summed E-state index contributed by atoms with van der Waals surface area (Å²) in [4.78, 5) is 11.8. The molecule has 0 aliphatic rings. The van der Waals surface area contributed by atoms with Crippen molar-refractivity contribution in [2.45, 2.75) is 0 Å². The third kappa shape index (κ3) is 1.35. The van der Waals surface area contributed by atoms with Crippen molar-refractivity contribution in [1.29, 1.82) is 0 Å². The van der Waals surface area contributed by atoms with Crippen LogP contribution in [0.3, 0.4) is 0 Å². The van der Waals surface area contributed by atoms with Gasteiger partial charge in [-0.05, 0) is 24.3 Å². The van der Waals surface area contributed by atoms with Crippen molar-refractivity contribution in [3.8, 4) is 11.3 Å². The molecular formula is C14H9N3O2. The molecule has 4 rings (SSSR count). The zero-order chi connectivity index (χ0) is 12.8. The number of nitrogens with one attached hydrogen (secondary N) is 1. The molecular weight excluding hydrogens is 242 g/mol. The largest absolute Gasteiger partial charge is 0.464 e. The van der Waals surface area contributed by atoms with E-state index in [1.165, 1.54) is 0 Å². The number of hydrogen-bond donors (Lipinski definition) is 1. The third-order valence-corrected chi connectivity index (χ3v) is 3.19. The SMILES string of the molecule is O=c1[nH]nc2cc(-c3ccco3)c3ccccc3n12. The molecule has 0 amide bonds. The first kappa shape index (κ1) is 10.1. The number of pyridine rings is 1. The molecule has 5 heteroatoms. The molecule has 92 valence electrons. The Morgan fingerprint density at radius 3 is 2.89 bits per heavy atom. The number of rotatable bonds is 1. The van der Waals surface area contributed by atoms with Gasteiger partial charge in [0, 0.05) is 10.9 Å². The molecule has 1 N–H and O–H groups in total. The van der Waals surface area contributed by atoms with Crippen LogP contribution in [0.25, 0.3) is 27.9 Å². The van der Waals surface area contributed by atoms with Crippen LogP contribution in [0.5, 0.6) is 0 Å². The van der Waals surface area contributed by atoms with E-state index >= 15 is 0 Å². The molecule has 0 spiro atoms. The maximum absolute atomic E-state index is 11.8. The van der Waals surface area contributed by atoms with Crippen molar-refractivity contribution in [2.75, 3.05) is 0 Å². The summed E-state index contributed by atoms with van der Waals surface area (Å²) in [5.74, 6) is 0.758. The lowest BCUT2D eigenvalue weighted by Crippen LogP contribution is -2.10. The molecule has 4 aromatic rings. The van der Waals surface area contributed by atoms with Gasteiger partial charge in [-0.25, -0.2) is 14.3 Å². The zero-order valence-corrected chi connectivity index (χ0v) is 9.83. The standard InChI is InChI=1S/C14H9N3O2/c18-14-16-15-13-8-10(12-6-3-7-19-12)9-4-1-2-5-11(9)17(13)14/h1-8H,(H,16,18). The summed E-state index contributed by atoms with van der Waals surface area (Å²) in [6.45, 7) is 0. The van der Waals surface area contributed by atoms with Gasteiger partial charge >= 0.3 is 5.69 Å². The summed E-state index contributed by atoms with van der Waals surface area (Å²) in [5, 5.41) is 7.44. The van der Waals surface area contributed by atoms with Crippen LogP contribution in [0.4, 0.5) is 0 Å². The van der Waals surface area contributed by atoms with Crippen LogP contribution in [-0.2, 0) is 0 Å². The van der Waals surface area contributed by atoms with Gasteiger partial charge in [0.15, 0.2) is 5.65 Å². The highest BCUT2D eigenvalue weighted by molar-refractivity contribution is 5.95. The molecule has 5 nitrogen and oxygen atoms in total. The molecule has 0 unspecified atom stereocenters. The van der Waals surface area contributed by atoms with Crippen LogP contribution >= 0.6 is 0 Å². The van der Waals surface area contributed by atoms with Gasteiger partial charge in [-0.15, -0.1) is 0 Å². The fourth-order valence-electron chi connectivity index (χ4n) is 2.38. The molecule has 0 fully saturated rings. The molecule has 3 heterocycles. The molecule has 0 saturated heterocycles. The van der Waals surface area contributed by atoms with E-state index in [4.69, 9.17) is 4.42 Å². The summed E-state index contributed by atoms with van der Waals surface area (Å²) >= 11 is 0. The molecule has 3 aromatic heterocycles. The minimum Gasteiger partial charge on any atom is -0.464 e. The van der Waals surface area contributed by atoms with Crippen molar-refractivity contribution in [3.63, 3.8) is 0 Å². The first-order valence-corrected chi connectivity index (χ1v) is 5.87. The minimum atomic E-state index is -0.239. The lowest BCUT2D eigenvalue weighted by molar-refractivity contribution is 0.583. The number of furan rings is 1. The molecule has 0 atom stereocenters. The van der Waals surface area contributed by atoms with Crippen LogP contribution in [0.1, 0.15) is 0 Å². The lowest BCUT2D eigenvalue weighted by atomic mass is 10.1. The van der Waals surface area contributed by atoms with Crippen LogP contribution in [0.2, 0.25) is 0 Å². The highest BCUT2D eigenvalue weighted by Crippen LogP contribution is 2.29. The molecule has 19 heavy (non-hydrogen) atoms. The van der Waals surface area contributed by atoms with Gasteiger partial charge in [0.25, 0.3) is 0 Å². The van der Waals surface area contributed by atoms with Gasteiger partial charge in [-0.3, -0.25) is 0 Å². The van der Waals surface area contributed by atoms with Gasteiger partial charge in [0.05, 0.1) is 11.8 Å². The number of benzene rings is 1. The number of H-pyrrole nitrogens is 1. The number of hydrogen-bond acceptors (Lipinski definition) is 3. The van der Waals surface area contributed by atoms with E-state index in [2.05, 4.69) is 10.2 Å². The number of nitrogens with zero attached hydrogens (tertiary/aromatic N) is 2. The Hall–Kier alpha value is -2.82. The summed E-state index contributed by atoms with van der Waals surface area (Å²) < 4.78 is 7.02. The zero-order valence-electron chi connectivity index (χ0n) is 9.83. The van der Waals surface area contributed by atoms with Crippen molar-refractivity contribution < 1.29 is 4.42 Å². The first-order valence-electron chi connectivity index (χ1n) is 5.87. The predicted molar refractivity (Wildman–Crippen MR) is 71.0 cm³/mol. The Kier molecular flexibility index (Phi) is 1.91. The van der Waals surface area contributed by atoms with Crippen molar-refractivity contribution >= 4 is 16.6 Å². The highest BCUT2D eigenvalue weighted by atomic mass is 16.3. The van der Waals surface area contributed by atoms with E-state index in [9.17, 15) is 4.79 Å². The van der Waals surface area contributed by atoms with Crippen LogP contribution in [0.15, 0.2) is 57.9 Å². The van der Waals surface area contributed by atoms with E-state index in [0.717, 1.165) is 22.2 Å². The van der Waals surface area contributed by atoms with Gasteiger partial charge < -0.3 is 4.42 Å². The average molecular weight is 251 g/mol. The normalized spacial score (nSPS) is 11.4. The minimum absolute atomic E-state index is 0.239. The number of aromatic nitrogens is 3. The molecule has 0 aliphatic carbocycles. The van der Waals surface area contributed by atoms with E-state index < -0.39 is 0 Å². The van der Waals surface area contributed by atoms with Crippen LogP contribution in [-0.4, -0.2) is 14.6 Å². The quantitative estimate of drug-likeness (QED) is 0.565. The highest BCUT2D eigenvalue weighted by Gasteiger charge is 2.12. The fourth-order valence-corrected chi connectivity index (χ4v) is 2.38. The monoisotopic (exact) mass is 251 g/mol. The van der Waals surface area contributed by atoms with E-state index in [1.54, 1.807) is 10.7 Å². The second-order valence-electron chi connectivity index (χ2n) is 4.27. The Morgan fingerprint density at radius 1 is 1.16 bits per heavy atom. The van der Waals surface area contributed by atoms with Gasteiger partial charge in [0.1, 0.15) is 5.76 Å². The average Bonchev–Trinajstić information content (AvgIpc) is 3.08. The second-order valence-corrected chi connectivity index (χ2v) is 4.27. The molecule has 1 aromatic carbocycles. The topological polar surface area (TPSA) is 63.3 Å². The van der Waals surface area contributed by atoms with E-state index in [-0.39, 0.29) is 5.69 Å². The van der Waals surface area contributed by atoms with Crippen molar-refractivity contribution in [3.05, 3.63) is 59.2 Å². The molecule has 0 saturated carbocycles. The van der Waals surface area contributed by atoms with E-state index in [1.807, 2.05) is 42.5 Å². The van der Waals surface area contributed by atoms with E-state index in [0.29, 0.717) is 5.65 Å².